The van der Waals surface area contributed by atoms with Gasteiger partial charge in [-0.2, -0.15) is 0 Å². The summed E-state index contributed by atoms with van der Waals surface area (Å²) in [5.41, 5.74) is 5.29. The Morgan fingerprint density at radius 1 is 1.57 bits per heavy atom. The number of anilines is 1. The number of hydrogen-bond acceptors (Lipinski definition) is 4. The lowest BCUT2D eigenvalue weighted by Gasteiger charge is -2.20. The lowest BCUT2D eigenvalue weighted by atomic mass is 10.3. The maximum atomic E-state index is 7.14. The van der Waals surface area contributed by atoms with Crippen LogP contribution in [0.5, 0.6) is 0 Å². The van der Waals surface area contributed by atoms with Crippen molar-refractivity contribution < 1.29 is 0 Å². The summed E-state index contributed by atoms with van der Waals surface area (Å²) in [6, 6.07) is 0. The molecule has 5 heteroatoms. The monoisotopic (exact) mass is 193 g/mol. The molecule has 0 saturated heterocycles. The second-order valence-corrected chi connectivity index (χ2v) is 2.92. The van der Waals surface area contributed by atoms with Gasteiger partial charge < -0.3 is 10.6 Å². The zero-order chi connectivity index (χ0) is 10.4. The third kappa shape index (κ3) is 3.01. The van der Waals surface area contributed by atoms with Crippen molar-refractivity contribution >= 4 is 11.7 Å². The first-order valence-electron chi connectivity index (χ1n) is 4.58. The highest BCUT2D eigenvalue weighted by atomic mass is 15.2. The first-order chi connectivity index (χ1) is 6.74. The van der Waals surface area contributed by atoms with Gasteiger partial charge in [0.05, 0.1) is 12.0 Å². The highest BCUT2D eigenvalue weighted by Gasteiger charge is 2.04. The summed E-state index contributed by atoms with van der Waals surface area (Å²) in [6.45, 7) is 3.59. The molecule has 0 aliphatic rings. The van der Waals surface area contributed by atoms with E-state index in [-0.39, 0.29) is 5.84 Å². The van der Waals surface area contributed by atoms with E-state index in [1.807, 2.05) is 11.8 Å². The van der Waals surface area contributed by atoms with Crippen LogP contribution in [0.25, 0.3) is 0 Å². The molecule has 3 N–H and O–H groups in total. The van der Waals surface area contributed by atoms with E-state index in [4.69, 9.17) is 11.1 Å². The van der Waals surface area contributed by atoms with E-state index in [2.05, 4.69) is 9.97 Å². The first kappa shape index (κ1) is 10.4. The molecule has 0 aromatic carbocycles. The Balaban J connectivity index is 2.58. The molecular formula is C9H15N5. The fraction of sp³-hybridized carbons (Fsp3) is 0.444. The zero-order valence-corrected chi connectivity index (χ0v) is 8.27. The predicted molar refractivity (Wildman–Crippen MR) is 56.5 cm³/mol. The van der Waals surface area contributed by atoms with Crippen molar-refractivity contribution in [2.24, 2.45) is 5.73 Å². The van der Waals surface area contributed by atoms with Crippen molar-refractivity contribution in [3.8, 4) is 0 Å². The molecular weight excluding hydrogens is 178 g/mol. The third-order valence-corrected chi connectivity index (χ3v) is 1.91. The van der Waals surface area contributed by atoms with Crippen LogP contribution in [0.15, 0.2) is 18.6 Å². The molecule has 0 unspecified atom stereocenters. The van der Waals surface area contributed by atoms with Crippen LogP contribution in [0.4, 0.5) is 5.82 Å². The second kappa shape index (κ2) is 5.16. The van der Waals surface area contributed by atoms with Gasteiger partial charge >= 0.3 is 0 Å². The molecule has 0 fully saturated rings. The average molecular weight is 193 g/mol. The molecule has 5 nitrogen and oxygen atoms in total. The normalized spacial score (nSPS) is 9.79. The molecule has 0 bridgehead atoms. The number of hydrogen-bond donors (Lipinski definition) is 2. The summed E-state index contributed by atoms with van der Waals surface area (Å²) >= 11 is 0. The molecule has 1 aromatic rings. The Hall–Kier alpha value is -1.65. The van der Waals surface area contributed by atoms with Gasteiger partial charge in [-0.25, -0.2) is 4.98 Å². The van der Waals surface area contributed by atoms with Crippen LogP contribution in [0.2, 0.25) is 0 Å². The molecule has 0 aliphatic heterocycles. The highest BCUT2D eigenvalue weighted by molar-refractivity contribution is 5.77. The van der Waals surface area contributed by atoms with Gasteiger partial charge in [0.15, 0.2) is 0 Å². The summed E-state index contributed by atoms with van der Waals surface area (Å²) in [6.07, 6.45) is 5.57. The average Bonchev–Trinajstić information content (AvgIpc) is 2.20. The summed E-state index contributed by atoms with van der Waals surface area (Å²) < 4.78 is 0. The van der Waals surface area contributed by atoms with Crippen molar-refractivity contribution in [1.82, 2.24) is 9.97 Å². The Morgan fingerprint density at radius 2 is 2.36 bits per heavy atom. The molecule has 0 saturated carbocycles. The Labute approximate surface area is 83.5 Å². The van der Waals surface area contributed by atoms with E-state index in [0.29, 0.717) is 13.0 Å². The number of nitrogens with one attached hydrogen (secondary N) is 1. The molecule has 1 aromatic heterocycles. The van der Waals surface area contributed by atoms with Crippen molar-refractivity contribution in [1.29, 1.82) is 5.41 Å². The smallest absolute Gasteiger partial charge is 0.147 e. The molecule has 0 amide bonds. The van der Waals surface area contributed by atoms with Gasteiger partial charge in [-0.15, -0.1) is 0 Å². The van der Waals surface area contributed by atoms with Crippen LogP contribution in [-0.4, -0.2) is 28.9 Å². The number of nitrogens with zero attached hydrogens (tertiary/aromatic N) is 3. The lowest BCUT2D eigenvalue weighted by molar-refractivity contribution is 0.810. The number of aromatic nitrogens is 2. The maximum absolute atomic E-state index is 7.14. The predicted octanol–water partition coefficient (Wildman–Crippen LogP) is 0.629. The third-order valence-electron chi connectivity index (χ3n) is 1.91. The van der Waals surface area contributed by atoms with E-state index in [1.54, 1.807) is 18.6 Å². The topological polar surface area (TPSA) is 78.9 Å². The largest absolute Gasteiger partial charge is 0.388 e. The minimum Gasteiger partial charge on any atom is -0.388 e. The van der Waals surface area contributed by atoms with Gasteiger partial charge in [0.25, 0.3) is 0 Å². The molecule has 0 spiro atoms. The van der Waals surface area contributed by atoms with E-state index < -0.39 is 0 Å². The summed E-state index contributed by atoms with van der Waals surface area (Å²) in [5, 5.41) is 7.14. The van der Waals surface area contributed by atoms with E-state index in [0.717, 1.165) is 12.4 Å². The Kier molecular flexibility index (Phi) is 3.84. The van der Waals surface area contributed by atoms with Crippen LogP contribution in [0.1, 0.15) is 13.3 Å². The summed E-state index contributed by atoms with van der Waals surface area (Å²) in [5.74, 6) is 1.03. The van der Waals surface area contributed by atoms with Crippen LogP contribution in [0, 0.1) is 5.41 Å². The summed E-state index contributed by atoms with van der Waals surface area (Å²) in [7, 11) is 0. The molecule has 1 rings (SSSR count). The Bertz CT molecular complexity index is 285. The van der Waals surface area contributed by atoms with Gasteiger partial charge in [0.2, 0.25) is 0 Å². The zero-order valence-electron chi connectivity index (χ0n) is 8.27. The first-order valence-corrected chi connectivity index (χ1v) is 4.58. The minimum atomic E-state index is 0.201. The van der Waals surface area contributed by atoms with Gasteiger partial charge in [-0.05, 0) is 6.92 Å². The number of amidine groups is 1. The van der Waals surface area contributed by atoms with Crippen LogP contribution < -0.4 is 10.6 Å². The summed E-state index contributed by atoms with van der Waals surface area (Å²) in [4.78, 5) is 10.2. The maximum Gasteiger partial charge on any atom is 0.147 e. The molecule has 0 atom stereocenters. The van der Waals surface area contributed by atoms with Gasteiger partial charge in [0.1, 0.15) is 5.82 Å². The fourth-order valence-corrected chi connectivity index (χ4v) is 1.14. The van der Waals surface area contributed by atoms with Crippen molar-refractivity contribution in [3.63, 3.8) is 0 Å². The fourth-order valence-electron chi connectivity index (χ4n) is 1.14. The van der Waals surface area contributed by atoms with Gasteiger partial charge in [-0.1, -0.05) is 0 Å². The number of nitrogens with two attached hydrogens (primary N) is 1. The molecule has 0 aliphatic carbocycles. The standard InChI is InChI=1S/C9H15N5/c1-2-14(6-3-8(10)11)9-7-12-4-5-13-9/h4-5,7H,2-3,6H2,1H3,(H3,10,11). The Morgan fingerprint density at radius 3 is 2.86 bits per heavy atom. The number of rotatable bonds is 5. The molecule has 1 heterocycles. The minimum absolute atomic E-state index is 0.201. The molecule has 14 heavy (non-hydrogen) atoms. The van der Waals surface area contributed by atoms with E-state index >= 15 is 0 Å². The molecule has 0 radical (unpaired) electrons. The SMILES string of the molecule is CCN(CCC(=N)N)c1cnccn1. The van der Waals surface area contributed by atoms with E-state index in [9.17, 15) is 0 Å². The van der Waals surface area contributed by atoms with Crippen molar-refractivity contribution in [2.75, 3.05) is 18.0 Å². The van der Waals surface area contributed by atoms with E-state index in [1.165, 1.54) is 0 Å². The quantitative estimate of drug-likeness (QED) is 0.531. The highest BCUT2D eigenvalue weighted by Crippen LogP contribution is 2.06. The molecule has 76 valence electrons. The van der Waals surface area contributed by atoms with Crippen LogP contribution in [0.3, 0.4) is 0 Å². The van der Waals surface area contributed by atoms with Crippen LogP contribution >= 0.6 is 0 Å². The van der Waals surface area contributed by atoms with Crippen molar-refractivity contribution in [2.45, 2.75) is 13.3 Å². The lowest BCUT2D eigenvalue weighted by Crippen LogP contribution is -2.28. The van der Waals surface area contributed by atoms with Gasteiger partial charge in [0, 0.05) is 31.9 Å². The van der Waals surface area contributed by atoms with Crippen LogP contribution in [-0.2, 0) is 0 Å². The second-order valence-electron chi connectivity index (χ2n) is 2.92. The van der Waals surface area contributed by atoms with Gasteiger partial charge in [-0.3, -0.25) is 10.4 Å². The van der Waals surface area contributed by atoms with Crippen molar-refractivity contribution in [3.05, 3.63) is 18.6 Å².